The molecule has 24 heavy (non-hydrogen) atoms. The number of halogens is 1. The third kappa shape index (κ3) is 3.00. The Hall–Kier alpha value is -2.38. The van der Waals surface area contributed by atoms with E-state index in [0.717, 1.165) is 5.56 Å². The molecule has 8 heteroatoms. The van der Waals surface area contributed by atoms with Crippen LogP contribution in [0, 0.1) is 0 Å². The van der Waals surface area contributed by atoms with E-state index in [1.54, 1.807) is 43.9 Å². The normalized spacial score (nSPS) is 10.8. The first-order valence-corrected chi connectivity index (χ1v) is 8.29. The van der Waals surface area contributed by atoms with Gasteiger partial charge in [0, 0.05) is 42.0 Å². The Morgan fingerprint density at radius 3 is 3.00 bits per heavy atom. The largest absolute Gasteiger partial charge is 0.496 e. The lowest BCUT2D eigenvalue weighted by Crippen LogP contribution is -2.32. The lowest BCUT2D eigenvalue weighted by atomic mass is 10.1. The maximum Gasteiger partial charge on any atom is 0.271 e. The van der Waals surface area contributed by atoms with Gasteiger partial charge in [-0.3, -0.25) is 14.0 Å². The fourth-order valence-electron chi connectivity index (χ4n) is 2.38. The monoisotopic (exact) mass is 363 g/mol. The van der Waals surface area contributed by atoms with Crippen molar-refractivity contribution in [3.63, 3.8) is 0 Å². The van der Waals surface area contributed by atoms with E-state index in [1.807, 2.05) is 0 Å². The van der Waals surface area contributed by atoms with Crippen molar-refractivity contribution in [1.82, 2.24) is 14.3 Å². The minimum absolute atomic E-state index is 0.0226. The van der Waals surface area contributed by atoms with Crippen LogP contribution in [-0.2, 0) is 6.54 Å². The molecule has 0 unspecified atom stereocenters. The minimum Gasteiger partial charge on any atom is -0.496 e. The Kier molecular flexibility index (Phi) is 4.55. The van der Waals surface area contributed by atoms with Gasteiger partial charge in [-0.25, -0.2) is 4.98 Å². The molecule has 124 valence electrons. The van der Waals surface area contributed by atoms with Crippen LogP contribution in [0.3, 0.4) is 0 Å². The Bertz CT molecular complexity index is 967. The van der Waals surface area contributed by atoms with E-state index < -0.39 is 5.91 Å². The van der Waals surface area contributed by atoms with E-state index in [2.05, 4.69) is 4.98 Å². The smallest absolute Gasteiger partial charge is 0.271 e. The zero-order valence-corrected chi connectivity index (χ0v) is 14.6. The first kappa shape index (κ1) is 16.5. The van der Waals surface area contributed by atoms with Gasteiger partial charge in [-0.05, 0) is 18.2 Å². The number of aromatic nitrogens is 2. The van der Waals surface area contributed by atoms with E-state index in [-0.39, 0.29) is 17.7 Å². The Morgan fingerprint density at radius 1 is 1.46 bits per heavy atom. The standard InChI is InChI=1S/C16H14ClN3O3S/c1-19(9-10-7-11(17)3-4-13(10)23-2)14(21)12-8-18-16-20(15(12)22)5-6-24-16/h3-8H,9H2,1-2H3. The molecule has 0 bridgehead atoms. The van der Waals surface area contributed by atoms with Crippen LogP contribution in [0.2, 0.25) is 5.02 Å². The van der Waals surface area contributed by atoms with Gasteiger partial charge in [0.1, 0.15) is 11.3 Å². The van der Waals surface area contributed by atoms with Gasteiger partial charge in [0.15, 0.2) is 4.96 Å². The second kappa shape index (κ2) is 6.62. The van der Waals surface area contributed by atoms with Crippen molar-refractivity contribution >= 4 is 33.8 Å². The Balaban J connectivity index is 1.90. The maximum absolute atomic E-state index is 12.6. The molecule has 0 fully saturated rings. The number of ether oxygens (including phenoxy) is 1. The van der Waals surface area contributed by atoms with Crippen LogP contribution in [-0.4, -0.2) is 34.3 Å². The number of methoxy groups -OCH3 is 1. The molecule has 0 aliphatic heterocycles. The summed E-state index contributed by atoms with van der Waals surface area (Å²) in [5.74, 6) is 0.220. The van der Waals surface area contributed by atoms with E-state index in [9.17, 15) is 9.59 Å². The number of thiazole rings is 1. The summed E-state index contributed by atoms with van der Waals surface area (Å²) in [7, 11) is 3.17. The Morgan fingerprint density at radius 2 is 2.25 bits per heavy atom. The number of rotatable bonds is 4. The van der Waals surface area contributed by atoms with Gasteiger partial charge in [0.25, 0.3) is 11.5 Å². The molecule has 0 N–H and O–H groups in total. The second-order valence-corrected chi connectivity index (χ2v) is 6.46. The molecular formula is C16H14ClN3O3S. The lowest BCUT2D eigenvalue weighted by molar-refractivity contribution is 0.0782. The molecule has 3 rings (SSSR count). The summed E-state index contributed by atoms with van der Waals surface area (Å²) in [6.45, 7) is 0.258. The van der Waals surface area contributed by atoms with Crippen molar-refractivity contribution in [2.75, 3.05) is 14.2 Å². The number of benzene rings is 1. The molecule has 2 heterocycles. The molecule has 0 saturated carbocycles. The molecule has 3 aromatic rings. The molecule has 0 spiro atoms. The molecule has 0 radical (unpaired) electrons. The van der Waals surface area contributed by atoms with Crippen LogP contribution in [0.15, 0.2) is 40.8 Å². The predicted octanol–water partition coefficient (Wildman–Crippen LogP) is 2.69. The number of amides is 1. The highest BCUT2D eigenvalue weighted by atomic mass is 35.5. The van der Waals surface area contributed by atoms with Gasteiger partial charge >= 0.3 is 0 Å². The molecule has 2 aromatic heterocycles. The highest BCUT2D eigenvalue weighted by Crippen LogP contribution is 2.24. The van der Waals surface area contributed by atoms with Crippen molar-refractivity contribution in [3.05, 3.63) is 62.5 Å². The number of hydrogen-bond acceptors (Lipinski definition) is 5. The number of fused-ring (bicyclic) bond motifs is 1. The summed E-state index contributed by atoms with van der Waals surface area (Å²) in [6.07, 6.45) is 2.92. The van der Waals surface area contributed by atoms with Gasteiger partial charge in [-0.15, -0.1) is 11.3 Å². The first-order chi connectivity index (χ1) is 11.5. The number of carbonyl (C=O) groups excluding carboxylic acids is 1. The fourth-order valence-corrected chi connectivity index (χ4v) is 3.24. The van der Waals surface area contributed by atoms with Crippen LogP contribution in [0.1, 0.15) is 15.9 Å². The second-order valence-electron chi connectivity index (χ2n) is 5.15. The summed E-state index contributed by atoms with van der Waals surface area (Å²) in [5, 5.41) is 2.30. The summed E-state index contributed by atoms with van der Waals surface area (Å²) in [5.41, 5.74) is 0.399. The molecule has 1 aromatic carbocycles. The van der Waals surface area contributed by atoms with E-state index >= 15 is 0 Å². The highest BCUT2D eigenvalue weighted by Gasteiger charge is 2.19. The predicted molar refractivity (Wildman–Crippen MR) is 93.1 cm³/mol. The van der Waals surface area contributed by atoms with Gasteiger partial charge in [0.05, 0.1) is 7.11 Å². The van der Waals surface area contributed by atoms with Crippen molar-refractivity contribution < 1.29 is 9.53 Å². The van der Waals surface area contributed by atoms with Gasteiger partial charge in [-0.1, -0.05) is 11.6 Å². The van der Waals surface area contributed by atoms with Crippen molar-refractivity contribution in [2.45, 2.75) is 6.54 Å². The summed E-state index contributed by atoms with van der Waals surface area (Å²) < 4.78 is 6.65. The van der Waals surface area contributed by atoms with Crippen LogP contribution in [0.5, 0.6) is 5.75 Å². The molecule has 1 amide bonds. The average Bonchev–Trinajstić information content (AvgIpc) is 3.04. The van der Waals surface area contributed by atoms with Crippen molar-refractivity contribution in [2.24, 2.45) is 0 Å². The maximum atomic E-state index is 12.6. The zero-order chi connectivity index (χ0) is 17.3. The van der Waals surface area contributed by atoms with Crippen molar-refractivity contribution in [1.29, 1.82) is 0 Å². The third-order valence-corrected chi connectivity index (χ3v) is 4.58. The van der Waals surface area contributed by atoms with E-state index in [4.69, 9.17) is 16.3 Å². The van der Waals surface area contributed by atoms with Crippen LogP contribution in [0.4, 0.5) is 0 Å². The topological polar surface area (TPSA) is 63.9 Å². The van der Waals surface area contributed by atoms with Gasteiger partial charge in [0.2, 0.25) is 0 Å². The SMILES string of the molecule is COc1ccc(Cl)cc1CN(C)C(=O)c1cnc2sccn2c1=O. The highest BCUT2D eigenvalue weighted by molar-refractivity contribution is 7.15. The first-order valence-electron chi connectivity index (χ1n) is 7.04. The molecule has 6 nitrogen and oxygen atoms in total. The summed E-state index contributed by atoms with van der Waals surface area (Å²) >= 11 is 7.35. The van der Waals surface area contributed by atoms with Crippen molar-refractivity contribution in [3.8, 4) is 5.75 Å². The lowest BCUT2D eigenvalue weighted by Gasteiger charge is -2.18. The number of hydrogen-bond donors (Lipinski definition) is 0. The van der Waals surface area contributed by atoms with Gasteiger partial charge < -0.3 is 9.64 Å². The molecular weight excluding hydrogens is 350 g/mol. The van der Waals surface area contributed by atoms with E-state index in [1.165, 1.54) is 26.8 Å². The fraction of sp³-hybridized carbons (Fsp3) is 0.188. The molecule has 0 aliphatic rings. The minimum atomic E-state index is -0.407. The van der Waals surface area contributed by atoms with Gasteiger partial charge in [-0.2, -0.15) is 0 Å². The quantitative estimate of drug-likeness (QED) is 0.715. The number of carbonyl (C=O) groups is 1. The molecule has 0 saturated heterocycles. The zero-order valence-electron chi connectivity index (χ0n) is 13.0. The Labute approximate surface area is 146 Å². The van der Waals surface area contributed by atoms with Crippen LogP contribution < -0.4 is 10.3 Å². The van der Waals surface area contributed by atoms with Crippen LogP contribution in [0.25, 0.3) is 4.96 Å². The van der Waals surface area contributed by atoms with E-state index in [0.29, 0.717) is 15.7 Å². The summed E-state index contributed by atoms with van der Waals surface area (Å²) in [6, 6.07) is 5.19. The summed E-state index contributed by atoms with van der Waals surface area (Å²) in [4.78, 5) is 31.2. The third-order valence-electron chi connectivity index (χ3n) is 3.57. The molecule has 0 aliphatic carbocycles. The average molecular weight is 364 g/mol. The van der Waals surface area contributed by atoms with Crippen LogP contribution >= 0.6 is 22.9 Å². The number of nitrogens with zero attached hydrogens (tertiary/aromatic N) is 3. The molecule has 0 atom stereocenters.